The molecule has 1 amide bonds. The normalized spacial score (nSPS) is 11.5. The van der Waals surface area contributed by atoms with Crippen LogP contribution in [0.3, 0.4) is 0 Å². The van der Waals surface area contributed by atoms with Gasteiger partial charge in [0.05, 0.1) is 16.7 Å². The van der Waals surface area contributed by atoms with E-state index in [1.165, 1.54) is 11.8 Å². The minimum atomic E-state index is -0.117. The molecule has 0 bridgehead atoms. The number of hydrogen-bond donors (Lipinski definition) is 1. The topological polar surface area (TPSA) is 81.3 Å². The molecule has 0 aliphatic rings. The molecule has 0 unspecified atom stereocenters. The second-order valence-corrected chi connectivity index (χ2v) is 8.87. The molecule has 8 heteroatoms. The molecule has 0 fully saturated rings. The lowest BCUT2D eigenvalue weighted by Crippen LogP contribution is -2.24. The summed E-state index contributed by atoms with van der Waals surface area (Å²) in [6, 6.07) is 15.1. The van der Waals surface area contributed by atoms with Crippen LogP contribution in [0.15, 0.2) is 58.5 Å². The van der Waals surface area contributed by atoms with Crippen LogP contribution < -0.4 is 10.9 Å². The molecule has 2 heterocycles. The van der Waals surface area contributed by atoms with Crippen LogP contribution in [0.5, 0.6) is 0 Å². The van der Waals surface area contributed by atoms with Crippen molar-refractivity contribution in [1.82, 2.24) is 19.2 Å². The van der Waals surface area contributed by atoms with Gasteiger partial charge < -0.3 is 5.32 Å². The number of aromatic nitrogens is 4. The first-order valence-electron chi connectivity index (χ1n) is 10.3. The number of nitrogens with zero attached hydrogens (tertiary/aromatic N) is 4. The smallest absolute Gasteiger partial charge is 0.262 e. The van der Waals surface area contributed by atoms with Crippen molar-refractivity contribution in [3.05, 3.63) is 64.4 Å². The van der Waals surface area contributed by atoms with Crippen molar-refractivity contribution in [3.8, 4) is 0 Å². The number of aryl methyl sites for hydroxylation is 2. The fraction of sp³-hybridized carbons (Fsp3) is 0.304. The first-order chi connectivity index (χ1) is 15.0. The van der Waals surface area contributed by atoms with Crippen molar-refractivity contribution in [2.75, 3.05) is 11.1 Å². The summed E-state index contributed by atoms with van der Waals surface area (Å²) in [6.45, 7) is 6.78. The van der Waals surface area contributed by atoms with Crippen LogP contribution in [0, 0.1) is 12.8 Å². The van der Waals surface area contributed by atoms with Crippen LogP contribution in [0.1, 0.15) is 25.8 Å². The Kier molecular flexibility index (Phi) is 6.08. The summed E-state index contributed by atoms with van der Waals surface area (Å²) in [7, 11) is 0. The highest BCUT2D eigenvalue weighted by atomic mass is 32.2. The molecular formula is C23H25N5O2S. The number of carbonyl (C=O) groups is 1. The average molecular weight is 436 g/mol. The highest BCUT2D eigenvalue weighted by Crippen LogP contribution is 2.22. The molecule has 0 saturated carbocycles. The summed E-state index contributed by atoms with van der Waals surface area (Å²) < 4.78 is 3.57. The Labute approximate surface area is 184 Å². The predicted octanol–water partition coefficient (Wildman–Crippen LogP) is 4.13. The Balaban J connectivity index is 1.67. The van der Waals surface area contributed by atoms with Gasteiger partial charge in [0.2, 0.25) is 11.7 Å². The molecule has 2 aromatic heterocycles. The van der Waals surface area contributed by atoms with Gasteiger partial charge in [0, 0.05) is 12.2 Å². The molecule has 2 aromatic carbocycles. The van der Waals surface area contributed by atoms with Crippen LogP contribution in [0.4, 0.5) is 5.69 Å². The number of thioether (sulfide) groups is 1. The molecule has 160 valence electrons. The second-order valence-electron chi connectivity index (χ2n) is 7.93. The Hall–Kier alpha value is -3.13. The largest absolute Gasteiger partial charge is 0.325 e. The van der Waals surface area contributed by atoms with E-state index in [0.717, 1.165) is 23.2 Å². The van der Waals surface area contributed by atoms with Gasteiger partial charge in [0.25, 0.3) is 5.56 Å². The summed E-state index contributed by atoms with van der Waals surface area (Å²) in [5.74, 6) is 1.04. The molecule has 0 aliphatic carbocycles. The Bertz CT molecular complexity index is 1310. The summed E-state index contributed by atoms with van der Waals surface area (Å²) in [5.41, 5.74) is 2.49. The maximum Gasteiger partial charge on any atom is 0.262 e. The quantitative estimate of drug-likeness (QED) is 0.442. The summed E-state index contributed by atoms with van der Waals surface area (Å²) in [5, 5.41) is 12.8. The number of benzene rings is 2. The molecule has 0 aliphatic heterocycles. The minimum absolute atomic E-state index is 0.0648. The van der Waals surface area contributed by atoms with Gasteiger partial charge in [-0.3, -0.25) is 18.6 Å². The number of carbonyl (C=O) groups excluding carboxylic acids is 1. The molecule has 0 saturated heterocycles. The van der Waals surface area contributed by atoms with Gasteiger partial charge in [-0.1, -0.05) is 55.9 Å². The molecule has 0 atom stereocenters. The van der Waals surface area contributed by atoms with Crippen molar-refractivity contribution in [3.63, 3.8) is 0 Å². The van der Waals surface area contributed by atoms with Gasteiger partial charge >= 0.3 is 0 Å². The van der Waals surface area contributed by atoms with Crippen molar-refractivity contribution in [1.29, 1.82) is 0 Å². The number of fused-ring (bicyclic) bond motifs is 3. The molecule has 4 aromatic rings. The van der Waals surface area contributed by atoms with Gasteiger partial charge in [0.1, 0.15) is 0 Å². The maximum atomic E-state index is 13.1. The average Bonchev–Trinajstić information content (AvgIpc) is 3.17. The SMILES string of the molecule is Cc1ccccc1NC(=O)CSc1nnc2n(CCC(C)C)c(=O)c3ccccc3n12. The van der Waals surface area contributed by atoms with E-state index in [1.807, 2.05) is 59.9 Å². The number of rotatable bonds is 7. The van der Waals surface area contributed by atoms with E-state index in [-0.39, 0.29) is 17.2 Å². The molecule has 4 rings (SSSR count). The third-order valence-corrected chi connectivity index (χ3v) is 6.09. The van der Waals surface area contributed by atoms with Gasteiger partial charge in [-0.2, -0.15) is 0 Å². The lowest BCUT2D eigenvalue weighted by Gasteiger charge is -2.12. The van der Waals surface area contributed by atoms with E-state index in [9.17, 15) is 9.59 Å². The second kappa shape index (κ2) is 8.93. The monoisotopic (exact) mass is 435 g/mol. The number of nitrogens with one attached hydrogen (secondary N) is 1. The predicted molar refractivity (Wildman–Crippen MR) is 125 cm³/mol. The van der Waals surface area contributed by atoms with Crippen molar-refractivity contribution in [2.45, 2.75) is 38.9 Å². The first-order valence-corrected chi connectivity index (χ1v) is 11.3. The molecular weight excluding hydrogens is 410 g/mol. The van der Waals surface area contributed by atoms with Crippen LogP contribution in [-0.4, -0.2) is 30.8 Å². The standard InChI is InChI=1S/C23H25N5O2S/c1-15(2)12-13-27-21(30)17-9-5-7-11-19(17)28-22(27)25-26-23(28)31-14-20(29)24-18-10-6-4-8-16(18)3/h4-11,15H,12-14H2,1-3H3,(H,24,29). The van der Waals surface area contributed by atoms with Gasteiger partial charge in [-0.05, 0) is 43.0 Å². The first kappa shape index (κ1) is 21.1. The lowest BCUT2D eigenvalue weighted by molar-refractivity contribution is -0.113. The zero-order valence-electron chi connectivity index (χ0n) is 17.8. The summed E-state index contributed by atoms with van der Waals surface area (Å²) >= 11 is 1.31. The molecule has 31 heavy (non-hydrogen) atoms. The van der Waals surface area contributed by atoms with Crippen LogP contribution in [-0.2, 0) is 11.3 Å². The Morgan fingerprint density at radius 2 is 1.84 bits per heavy atom. The van der Waals surface area contributed by atoms with E-state index in [2.05, 4.69) is 29.4 Å². The fourth-order valence-electron chi connectivity index (χ4n) is 3.45. The summed E-state index contributed by atoms with van der Waals surface area (Å²) in [6.07, 6.45) is 0.863. The van der Waals surface area contributed by atoms with E-state index in [1.54, 1.807) is 4.57 Å². The third kappa shape index (κ3) is 4.34. The van der Waals surface area contributed by atoms with Crippen LogP contribution >= 0.6 is 11.8 Å². The maximum absolute atomic E-state index is 13.1. The zero-order chi connectivity index (χ0) is 22.0. The molecule has 1 N–H and O–H groups in total. The number of para-hydroxylation sites is 2. The highest BCUT2D eigenvalue weighted by Gasteiger charge is 2.18. The number of hydrogen-bond acceptors (Lipinski definition) is 5. The van der Waals surface area contributed by atoms with Crippen molar-refractivity contribution in [2.24, 2.45) is 5.92 Å². The van der Waals surface area contributed by atoms with Crippen molar-refractivity contribution < 1.29 is 4.79 Å². The minimum Gasteiger partial charge on any atom is -0.325 e. The van der Waals surface area contributed by atoms with E-state index < -0.39 is 0 Å². The van der Waals surface area contributed by atoms with Gasteiger partial charge in [-0.25, -0.2) is 0 Å². The summed E-state index contributed by atoms with van der Waals surface area (Å²) in [4.78, 5) is 25.6. The lowest BCUT2D eigenvalue weighted by atomic mass is 10.1. The Morgan fingerprint density at radius 3 is 2.61 bits per heavy atom. The molecule has 0 spiro atoms. The highest BCUT2D eigenvalue weighted by molar-refractivity contribution is 7.99. The van der Waals surface area contributed by atoms with E-state index in [0.29, 0.717) is 28.8 Å². The van der Waals surface area contributed by atoms with Crippen LogP contribution in [0.2, 0.25) is 0 Å². The van der Waals surface area contributed by atoms with Gasteiger partial charge in [-0.15, -0.1) is 10.2 Å². The van der Waals surface area contributed by atoms with Crippen molar-refractivity contribution >= 4 is 40.0 Å². The zero-order valence-corrected chi connectivity index (χ0v) is 18.6. The van der Waals surface area contributed by atoms with Gasteiger partial charge in [0.15, 0.2) is 5.16 Å². The van der Waals surface area contributed by atoms with E-state index in [4.69, 9.17) is 0 Å². The fourth-order valence-corrected chi connectivity index (χ4v) is 4.19. The number of amides is 1. The third-order valence-electron chi connectivity index (χ3n) is 5.16. The molecule has 0 radical (unpaired) electrons. The van der Waals surface area contributed by atoms with E-state index >= 15 is 0 Å². The molecule has 7 nitrogen and oxygen atoms in total. The number of anilines is 1. The Morgan fingerprint density at radius 1 is 1.10 bits per heavy atom. The van der Waals surface area contributed by atoms with Crippen LogP contribution in [0.25, 0.3) is 16.7 Å².